The van der Waals surface area contributed by atoms with Crippen molar-refractivity contribution in [2.45, 2.75) is 52.9 Å². The molecule has 6 aromatic carbocycles. The van der Waals surface area contributed by atoms with Crippen LogP contribution >= 0.6 is 50.2 Å². The highest BCUT2D eigenvalue weighted by Gasteiger charge is 2.19. The number of aryl methyl sites for hydroxylation is 4. The van der Waals surface area contributed by atoms with E-state index in [0.717, 1.165) is 45.3 Å². The van der Waals surface area contributed by atoms with Gasteiger partial charge in [0.2, 0.25) is 0 Å². The molecule has 0 aliphatic carbocycles. The molecule has 0 saturated carbocycles. The van der Waals surface area contributed by atoms with Crippen molar-refractivity contribution in [2.75, 3.05) is 19.5 Å². The Labute approximate surface area is 467 Å². The maximum absolute atomic E-state index is 13.7. The van der Waals surface area contributed by atoms with E-state index in [0.29, 0.717) is 61.9 Å². The molecule has 3 N–H and O–H groups in total. The normalized spacial score (nSPS) is 10.4. The Kier molecular flexibility index (Phi) is 22.1. The highest BCUT2D eigenvalue weighted by Crippen LogP contribution is 2.31. The Morgan fingerprint density at radius 3 is 2.01 bits per heavy atom. The molecule has 9 aromatic rings. The van der Waals surface area contributed by atoms with Crippen LogP contribution in [-0.4, -0.2) is 56.7 Å². The number of halogens is 4. The fourth-order valence-corrected chi connectivity index (χ4v) is 9.25. The van der Waals surface area contributed by atoms with Gasteiger partial charge in [-0.15, -0.1) is 22.7 Å². The van der Waals surface area contributed by atoms with Crippen LogP contribution in [0.4, 0.5) is 19.6 Å². The molecule has 0 fully saturated rings. The van der Waals surface area contributed by atoms with Gasteiger partial charge in [-0.1, -0.05) is 70.0 Å². The first-order chi connectivity index (χ1) is 37.0. The lowest BCUT2D eigenvalue weighted by molar-refractivity contribution is -0.116. The number of ether oxygens (including phenoxy) is 2. The molecule has 0 aliphatic heterocycles. The van der Waals surface area contributed by atoms with Crippen molar-refractivity contribution in [3.05, 3.63) is 227 Å². The largest absolute Gasteiger partial charge is 0.508 e. The Morgan fingerprint density at radius 1 is 0.701 bits per heavy atom. The van der Waals surface area contributed by atoms with E-state index in [1.807, 2.05) is 67.8 Å². The number of phenols is 2. The molecule has 9 rings (SSSR count). The number of nitrogens with zero attached hydrogens (tertiary/aromatic N) is 3. The Morgan fingerprint density at radius 2 is 1.38 bits per heavy atom. The molecule has 0 amide bonds. The van der Waals surface area contributed by atoms with E-state index >= 15 is 0 Å². The fourth-order valence-electron chi connectivity index (χ4n) is 7.41. The number of thiazole rings is 2. The second-order valence-corrected chi connectivity index (χ2v) is 20.4. The van der Waals surface area contributed by atoms with Gasteiger partial charge in [0.1, 0.15) is 45.4 Å². The van der Waals surface area contributed by atoms with Gasteiger partial charge in [-0.2, -0.15) is 0 Å². The van der Waals surface area contributed by atoms with Crippen LogP contribution < -0.4 is 14.8 Å². The van der Waals surface area contributed by atoms with Crippen LogP contribution in [-0.2, 0) is 36.9 Å². The van der Waals surface area contributed by atoms with Crippen LogP contribution in [0.25, 0.3) is 11.3 Å². The zero-order valence-corrected chi connectivity index (χ0v) is 46.6. The first-order valence-corrected chi connectivity index (χ1v) is 26.8. The summed E-state index contributed by atoms with van der Waals surface area (Å²) in [5.41, 5.74) is 8.38. The first kappa shape index (κ1) is 58.6. The number of anilines is 2. The van der Waals surface area contributed by atoms with Gasteiger partial charge in [-0.05, 0) is 141 Å². The molecule has 0 saturated heterocycles. The van der Waals surface area contributed by atoms with Crippen molar-refractivity contribution in [3.63, 3.8) is 0 Å². The first-order valence-electron chi connectivity index (χ1n) is 23.8. The lowest BCUT2D eigenvalue weighted by Gasteiger charge is -2.11. The minimum atomic E-state index is -0.649. The lowest BCUT2D eigenvalue weighted by Crippen LogP contribution is -2.07. The van der Waals surface area contributed by atoms with Crippen LogP contribution in [0.2, 0.25) is 5.02 Å². The van der Waals surface area contributed by atoms with E-state index in [2.05, 4.69) is 60.5 Å². The number of aromatic nitrogens is 3. The predicted molar refractivity (Wildman–Crippen MR) is 306 cm³/mol. The quantitative estimate of drug-likeness (QED) is 0.0790. The van der Waals surface area contributed by atoms with Crippen LogP contribution in [0.15, 0.2) is 161 Å². The average Bonchev–Trinajstić information content (AvgIpc) is 4.11. The number of phenolic OH excluding ortho intramolecular Hbond substituents is 2. The molecular weight excluding hydrogens is 1110 g/mol. The molecule has 0 bridgehead atoms. The van der Waals surface area contributed by atoms with E-state index in [1.165, 1.54) is 60.0 Å². The number of carbonyl (C=O) groups excluding carboxylic acids is 3. The number of hydrogen-bond donors (Lipinski definition) is 3. The van der Waals surface area contributed by atoms with Gasteiger partial charge < -0.3 is 25.0 Å². The zero-order valence-electron chi connectivity index (χ0n) is 42.7. The van der Waals surface area contributed by atoms with Crippen LogP contribution in [0.3, 0.4) is 0 Å². The summed E-state index contributed by atoms with van der Waals surface area (Å²) in [6, 6.07) is 40.3. The van der Waals surface area contributed by atoms with Crippen molar-refractivity contribution in [2.24, 2.45) is 0 Å². The molecule has 17 heteroatoms. The number of pyridine rings is 1. The summed E-state index contributed by atoms with van der Waals surface area (Å²) < 4.78 is 38.2. The summed E-state index contributed by atoms with van der Waals surface area (Å²) in [5, 5.41) is 26.8. The van der Waals surface area contributed by atoms with Crippen molar-refractivity contribution < 1.29 is 42.9 Å². The smallest absolute Gasteiger partial charge is 0.187 e. The third-order valence-corrected chi connectivity index (χ3v) is 13.6. The Balaban J connectivity index is 0.000000167. The average molecular weight is 1160 g/mol. The Hall–Kier alpha value is -7.63. The van der Waals surface area contributed by atoms with Crippen molar-refractivity contribution in [3.8, 4) is 34.3 Å². The second-order valence-electron chi connectivity index (χ2n) is 17.3. The topological polar surface area (TPSA) is 161 Å². The number of hydrogen-bond acceptors (Lipinski definition) is 13. The standard InChI is InChI=1S/C16H17NO2.C15H14ClNO3S.C15H10F2N2OS.C14H13BrO/c1-11-7-8-14(16(9-11)19-3)15(18)10-13-6-4-5-12(2)17-13;1-9(18)5-10-6-14(20-2)11(7-12(10)16)13(19)8-15-17-3-4-21-15;16-9-4-5-12(13(17)6-9)14-8-21-15(19-14)18-10-2-1-3-11(20)7-10;15-13-7-3-11(4-8-13)1-2-12-5-9-14(16)10-6-12/h4-9H,10H2,1-3H3;3-4,6-7H,5,8H2,1-2H3;1-8,20H,(H,18,19);3-10,16H,1-2H2. The molecule has 0 aliphatic rings. The maximum Gasteiger partial charge on any atom is 0.187 e. The van der Waals surface area contributed by atoms with Gasteiger partial charge in [0.25, 0.3) is 0 Å². The van der Waals surface area contributed by atoms with Gasteiger partial charge in [0.15, 0.2) is 16.7 Å². The van der Waals surface area contributed by atoms with Crippen LogP contribution in [0.1, 0.15) is 66.3 Å². The third-order valence-electron chi connectivity index (χ3n) is 11.2. The van der Waals surface area contributed by atoms with Gasteiger partial charge >= 0.3 is 0 Å². The minimum Gasteiger partial charge on any atom is -0.508 e. The second kappa shape index (κ2) is 29.0. The number of rotatable bonds is 16. The molecule has 0 atom stereocenters. The van der Waals surface area contributed by atoms with Gasteiger partial charge in [0, 0.05) is 67.6 Å². The molecule has 11 nitrogen and oxygen atoms in total. The fraction of sp³-hybridized carbons (Fsp3) is 0.167. The number of carbonyl (C=O) groups is 3. The number of Topliss-reactive ketones (excluding diaryl/α,β-unsaturated/α-hetero) is 3. The van der Waals surface area contributed by atoms with E-state index in [4.69, 9.17) is 26.2 Å². The summed E-state index contributed by atoms with van der Waals surface area (Å²) in [6.07, 6.45) is 4.40. The summed E-state index contributed by atoms with van der Waals surface area (Å²) >= 11 is 12.3. The van der Waals surface area contributed by atoms with Crippen molar-refractivity contribution >= 4 is 78.4 Å². The monoisotopic (exact) mass is 1160 g/mol. The van der Waals surface area contributed by atoms with Crippen molar-refractivity contribution in [1.82, 2.24) is 15.0 Å². The molecule has 0 radical (unpaired) electrons. The third kappa shape index (κ3) is 18.6. The molecule has 0 unspecified atom stereocenters. The van der Waals surface area contributed by atoms with Crippen molar-refractivity contribution in [1.29, 1.82) is 0 Å². The summed E-state index contributed by atoms with van der Waals surface area (Å²) in [5.74, 6) is 0.159. The number of ketones is 3. The van der Waals surface area contributed by atoms with E-state index in [1.54, 1.807) is 67.2 Å². The van der Waals surface area contributed by atoms with Gasteiger partial charge in [0.05, 0.1) is 43.9 Å². The number of methoxy groups -OCH3 is 2. The summed E-state index contributed by atoms with van der Waals surface area (Å²) in [4.78, 5) is 48.6. The van der Waals surface area contributed by atoms with E-state index in [9.17, 15) is 28.3 Å². The van der Waals surface area contributed by atoms with Gasteiger partial charge in [-0.3, -0.25) is 19.4 Å². The molecule has 0 spiro atoms. The molecule has 396 valence electrons. The summed E-state index contributed by atoms with van der Waals surface area (Å²) in [6.45, 7) is 5.38. The van der Waals surface area contributed by atoms with E-state index < -0.39 is 11.6 Å². The van der Waals surface area contributed by atoms with E-state index in [-0.39, 0.29) is 41.5 Å². The van der Waals surface area contributed by atoms with Crippen LogP contribution in [0, 0.1) is 25.5 Å². The molecule has 3 heterocycles. The zero-order chi connectivity index (χ0) is 55.4. The minimum absolute atomic E-state index is 0.000755. The maximum atomic E-state index is 13.7. The SMILES string of the molecule is COc1cc(C)ccc1C(=O)Cc1cccc(C)n1.COc1cc(CC(C)=O)c(Cl)cc1C(=O)Cc1nccs1.Oc1ccc(CCc2ccc(Br)cc2)cc1.Oc1cccc(Nc2nc(-c3ccc(F)cc3F)cs2)c1. The highest BCUT2D eigenvalue weighted by molar-refractivity contribution is 9.10. The number of nitrogens with one attached hydrogen (secondary N) is 1. The summed E-state index contributed by atoms with van der Waals surface area (Å²) in [7, 11) is 3.07. The predicted octanol–water partition coefficient (Wildman–Crippen LogP) is 15.0. The Bertz CT molecular complexity index is 3370. The number of aromatic hydroxyl groups is 2. The highest BCUT2D eigenvalue weighted by atomic mass is 79.9. The van der Waals surface area contributed by atoms with Gasteiger partial charge in [-0.25, -0.2) is 18.7 Å². The number of benzene rings is 6. The lowest BCUT2D eigenvalue weighted by atomic mass is 10.0. The van der Waals surface area contributed by atoms with Crippen LogP contribution in [0.5, 0.6) is 23.0 Å². The molecular formula is C60H54BrClF2N4O7S2. The molecule has 3 aromatic heterocycles. The molecule has 77 heavy (non-hydrogen) atoms.